The fourth-order valence-corrected chi connectivity index (χ4v) is 1.96. The third-order valence-corrected chi connectivity index (χ3v) is 3.00. The number of hydrogen-bond acceptors (Lipinski definition) is 8. The van der Waals surface area contributed by atoms with E-state index in [0.29, 0.717) is 10.8 Å². The molecule has 0 radical (unpaired) electrons. The Morgan fingerprint density at radius 1 is 1.36 bits per heavy atom. The van der Waals surface area contributed by atoms with Gasteiger partial charge in [0.25, 0.3) is 5.91 Å². The monoisotopic (exact) mass is 319 g/mol. The van der Waals surface area contributed by atoms with Gasteiger partial charge in [0.05, 0.1) is 11.9 Å². The minimum atomic E-state index is -0.810. The lowest BCUT2D eigenvalue weighted by atomic mass is 10.2. The number of nitrogens with zero attached hydrogens (tertiary/aromatic N) is 3. The van der Waals surface area contributed by atoms with Crippen molar-refractivity contribution in [3.8, 4) is 5.88 Å². The van der Waals surface area contributed by atoms with E-state index in [2.05, 4.69) is 20.3 Å². The first-order valence-electron chi connectivity index (χ1n) is 6.12. The number of esters is 1. The number of anilines is 2. The van der Waals surface area contributed by atoms with Crippen molar-refractivity contribution in [3.05, 3.63) is 30.1 Å². The predicted molar refractivity (Wildman–Crippen MR) is 81.2 cm³/mol. The van der Waals surface area contributed by atoms with Gasteiger partial charge in [-0.05, 0) is 18.4 Å². The average Bonchev–Trinajstić information content (AvgIpc) is 2.46. The van der Waals surface area contributed by atoms with E-state index >= 15 is 0 Å². The number of aromatic nitrogens is 3. The fourth-order valence-electron chi connectivity index (χ4n) is 1.61. The second kappa shape index (κ2) is 6.85. The molecule has 3 N–H and O–H groups in total. The summed E-state index contributed by atoms with van der Waals surface area (Å²) in [6, 6.07) is 3.46. The molecule has 0 aliphatic rings. The summed E-state index contributed by atoms with van der Waals surface area (Å²) in [6.45, 7) is 1.21. The number of amides is 1. The van der Waals surface area contributed by atoms with Crippen molar-refractivity contribution in [1.29, 1.82) is 0 Å². The van der Waals surface area contributed by atoms with Crippen LogP contribution in [-0.2, 0) is 4.79 Å². The molecular formula is C13H13N5O3S. The summed E-state index contributed by atoms with van der Waals surface area (Å²) >= 11 is 1.23. The molecule has 2 aromatic heterocycles. The van der Waals surface area contributed by atoms with Gasteiger partial charge < -0.3 is 15.8 Å². The standard InChI is InChI=1S/C13H13N5O3S/c1-7(19)21-12-9(10(14)20)11(17-13(18-12)22-2)16-8-4-3-5-15-6-8/h3-6H,1-2H3,(H2,14,20)(H,16,17,18). The summed E-state index contributed by atoms with van der Waals surface area (Å²) < 4.78 is 4.97. The van der Waals surface area contributed by atoms with Gasteiger partial charge in [-0.2, -0.15) is 4.98 Å². The first-order chi connectivity index (χ1) is 10.5. The number of rotatable bonds is 5. The van der Waals surface area contributed by atoms with Crippen molar-refractivity contribution in [2.24, 2.45) is 5.73 Å². The number of primary amides is 1. The minimum absolute atomic E-state index is 0.100. The van der Waals surface area contributed by atoms with Gasteiger partial charge in [0.1, 0.15) is 5.56 Å². The highest BCUT2D eigenvalue weighted by molar-refractivity contribution is 7.98. The highest BCUT2D eigenvalue weighted by atomic mass is 32.2. The zero-order valence-corrected chi connectivity index (χ0v) is 12.7. The van der Waals surface area contributed by atoms with Crippen LogP contribution < -0.4 is 15.8 Å². The summed E-state index contributed by atoms with van der Waals surface area (Å²) in [6.07, 6.45) is 4.92. The lowest BCUT2D eigenvalue weighted by molar-refractivity contribution is -0.132. The molecule has 8 nitrogen and oxygen atoms in total. The lowest BCUT2D eigenvalue weighted by Crippen LogP contribution is -2.19. The third-order valence-electron chi connectivity index (χ3n) is 2.45. The summed E-state index contributed by atoms with van der Waals surface area (Å²) in [5, 5.41) is 3.25. The maximum atomic E-state index is 11.7. The maximum absolute atomic E-state index is 11.7. The fraction of sp³-hybridized carbons (Fsp3) is 0.154. The molecule has 2 aromatic rings. The van der Waals surface area contributed by atoms with Gasteiger partial charge in [0.15, 0.2) is 11.0 Å². The quantitative estimate of drug-likeness (QED) is 0.481. The van der Waals surface area contributed by atoms with Crippen LogP contribution in [0.3, 0.4) is 0 Å². The maximum Gasteiger partial charge on any atom is 0.309 e. The van der Waals surface area contributed by atoms with Crippen LogP contribution in [0.4, 0.5) is 11.5 Å². The molecule has 2 rings (SSSR count). The summed E-state index contributed by atoms with van der Waals surface area (Å²) in [7, 11) is 0. The van der Waals surface area contributed by atoms with E-state index in [9.17, 15) is 9.59 Å². The molecule has 0 bridgehead atoms. The molecule has 0 aliphatic carbocycles. The molecule has 0 saturated heterocycles. The smallest absolute Gasteiger partial charge is 0.309 e. The number of nitrogens with one attached hydrogen (secondary N) is 1. The Bertz CT molecular complexity index is 708. The molecule has 0 fully saturated rings. The Kier molecular flexibility index (Phi) is 4.89. The normalized spacial score (nSPS) is 10.1. The average molecular weight is 319 g/mol. The van der Waals surface area contributed by atoms with E-state index < -0.39 is 11.9 Å². The van der Waals surface area contributed by atoms with Gasteiger partial charge in [0, 0.05) is 13.1 Å². The van der Waals surface area contributed by atoms with Crippen LogP contribution in [-0.4, -0.2) is 33.1 Å². The van der Waals surface area contributed by atoms with Crippen molar-refractivity contribution in [3.63, 3.8) is 0 Å². The molecule has 0 unspecified atom stereocenters. The highest BCUT2D eigenvalue weighted by Gasteiger charge is 2.22. The number of nitrogens with two attached hydrogens (primary N) is 1. The van der Waals surface area contributed by atoms with Crippen LogP contribution in [0, 0.1) is 0 Å². The van der Waals surface area contributed by atoms with E-state index in [4.69, 9.17) is 10.5 Å². The summed E-state index contributed by atoms with van der Waals surface area (Å²) in [4.78, 5) is 35.0. The van der Waals surface area contributed by atoms with E-state index in [1.165, 1.54) is 18.7 Å². The molecule has 0 spiro atoms. The first kappa shape index (κ1) is 15.7. The van der Waals surface area contributed by atoms with Gasteiger partial charge in [-0.3, -0.25) is 14.6 Å². The molecule has 9 heteroatoms. The highest BCUT2D eigenvalue weighted by Crippen LogP contribution is 2.28. The largest absolute Gasteiger partial charge is 0.407 e. The first-order valence-corrected chi connectivity index (χ1v) is 7.35. The van der Waals surface area contributed by atoms with Crippen LogP contribution in [0.15, 0.2) is 29.7 Å². The SMILES string of the molecule is CSc1nc(Nc2cccnc2)c(C(N)=O)c(OC(C)=O)n1. The molecule has 0 saturated carbocycles. The van der Waals surface area contributed by atoms with Gasteiger partial charge >= 0.3 is 5.97 Å². The second-order valence-electron chi connectivity index (χ2n) is 4.06. The molecule has 0 aromatic carbocycles. The Labute approximate surface area is 130 Å². The van der Waals surface area contributed by atoms with Gasteiger partial charge in [-0.25, -0.2) is 4.98 Å². The van der Waals surface area contributed by atoms with Crippen LogP contribution >= 0.6 is 11.8 Å². The number of carbonyl (C=O) groups excluding carboxylic acids is 2. The number of pyridine rings is 1. The summed E-state index contributed by atoms with van der Waals surface area (Å²) in [5.74, 6) is -1.45. The van der Waals surface area contributed by atoms with E-state index in [1.54, 1.807) is 30.8 Å². The van der Waals surface area contributed by atoms with E-state index in [-0.39, 0.29) is 17.3 Å². The molecule has 0 atom stereocenters. The van der Waals surface area contributed by atoms with Gasteiger partial charge in [-0.1, -0.05) is 11.8 Å². The van der Waals surface area contributed by atoms with Crippen molar-refractivity contribution >= 4 is 35.1 Å². The van der Waals surface area contributed by atoms with Gasteiger partial charge in [0.2, 0.25) is 5.88 Å². The van der Waals surface area contributed by atoms with E-state index in [0.717, 1.165) is 0 Å². The lowest BCUT2D eigenvalue weighted by Gasteiger charge is -2.13. The molecule has 114 valence electrons. The van der Waals surface area contributed by atoms with Crippen molar-refractivity contribution < 1.29 is 14.3 Å². The zero-order chi connectivity index (χ0) is 16.1. The Balaban J connectivity index is 2.54. The van der Waals surface area contributed by atoms with Crippen LogP contribution in [0.5, 0.6) is 5.88 Å². The number of hydrogen-bond donors (Lipinski definition) is 2. The van der Waals surface area contributed by atoms with Crippen molar-refractivity contribution in [1.82, 2.24) is 15.0 Å². The van der Waals surface area contributed by atoms with E-state index in [1.807, 2.05) is 0 Å². The van der Waals surface area contributed by atoms with Crippen LogP contribution in [0.25, 0.3) is 0 Å². The Hall–Kier alpha value is -2.68. The van der Waals surface area contributed by atoms with Crippen molar-refractivity contribution in [2.75, 3.05) is 11.6 Å². The number of carbonyl (C=O) groups is 2. The minimum Gasteiger partial charge on any atom is -0.407 e. The van der Waals surface area contributed by atoms with Crippen LogP contribution in [0.2, 0.25) is 0 Å². The molecular weight excluding hydrogens is 306 g/mol. The number of ether oxygens (including phenoxy) is 1. The van der Waals surface area contributed by atoms with Gasteiger partial charge in [-0.15, -0.1) is 0 Å². The molecule has 1 amide bonds. The third kappa shape index (κ3) is 3.70. The molecule has 22 heavy (non-hydrogen) atoms. The molecule has 0 aliphatic heterocycles. The summed E-state index contributed by atoms with van der Waals surface area (Å²) in [5.41, 5.74) is 5.86. The topological polar surface area (TPSA) is 120 Å². The van der Waals surface area contributed by atoms with Crippen LogP contribution in [0.1, 0.15) is 17.3 Å². The Morgan fingerprint density at radius 3 is 2.68 bits per heavy atom. The molecule has 2 heterocycles. The van der Waals surface area contributed by atoms with Crippen molar-refractivity contribution in [2.45, 2.75) is 12.1 Å². The Morgan fingerprint density at radius 2 is 2.14 bits per heavy atom. The number of thioether (sulfide) groups is 1. The second-order valence-corrected chi connectivity index (χ2v) is 4.84. The predicted octanol–water partition coefficient (Wildman–Crippen LogP) is 1.36. The zero-order valence-electron chi connectivity index (χ0n) is 11.9.